The van der Waals surface area contributed by atoms with Gasteiger partial charge in [0.1, 0.15) is 11.3 Å². The molecule has 0 saturated heterocycles. The molecule has 8 nitrogen and oxygen atoms in total. The van der Waals surface area contributed by atoms with Gasteiger partial charge in [0.25, 0.3) is 5.91 Å². The summed E-state index contributed by atoms with van der Waals surface area (Å²) < 4.78 is 15.7. The Kier molecular flexibility index (Phi) is 6.19. The zero-order valence-electron chi connectivity index (χ0n) is 19.7. The Labute approximate surface area is 216 Å². The van der Waals surface area contributed by atoms with E-state index in [1.54, 1.807) is 54.6 Å². The molecule has 5 rings (SSSR count). The third kappa shape index (κ3) is 4.21. The van der Waals surface area contributed by atoms with Crippen LogP contribution in [0, 0.1) is 0 Å². The summed E-state index contributed by atoms with van der Waals surface area (Å²) in [4.78, 5) is 40.2. The lowest BCUT2D eigenvalue weighted by Crippen LogP contribution is -2.31. The fraction of sp³-hybridized carbons (Fsp3) is 0.107. The van der Waals surface area contributed by atoms with E-state index >= 15 is 0 Å². The summed E-state index contributed by atoms with van der Waals surface area (Å²) in [7, 11) is 2.80. The highest BCUT2D eigenvalue weighted by atomic mass is 35.5. The predicted octanol–water partition coefficient (Wildman–Crippen LogP) is 5.66. The average molecular weight is 518 g/mol. The van der Waals surface area contributed by atoms with E-state index < -0.39 is 29.5 Å². The van der Waals surface area contributed by atoms with Crippen molar-refractivity contribution < 1.29 is 33.4 Å². The van der Waals surface area contributed by atoms with Gasteiger partial charge in [0, 0.05) is 16.1 Å². The van der Waals surface area contributed by atoms with Crippen LogP contribution in [0.2, 0.25) is 5.02 Å². The van der Waals surface area contributed by atoms with E-state index in [2.05, 4.69) is 0 Å². The van der Waals surface area contributed by atoms with Gasteiger partial charge in [0.05, 0.1) is 31.4 Å². The average Bonchev–Trinajstić information content (AvgIpc) is 3.46. The van der Waals surface area contributed by atoms with Crippen LogP contribution in [-0.4, -0.2) is 37.0 Å². The number of carbonyl (C=O) groups excluding carboxylic acids is 3. The predicted molar refractivity (Wildman–Crippen MR) is 136 cm³/mol. The Morgan fingerprint density at radius 3 is 2.32 bits per heavy atom. The van der Waals surface area contributed by atoms with Crippen LogP contribution in [0.15, 0.2) is 88.5 Å². The number of Topliss-reactive ketones (excluding diaryl/α,β-unsaturated/α-hetero) is 1. The number of hydrogen-bond acceptors (Lipinski definition) is 7. The number of fused-ring (bicyclic) bond motifs is 1. The number of aliphatic hydroxyl groups is 1. The Morgan fingerprint density at radius 1 is 0.973 bits per heavy atom. The molecule has 1 atom stereocenters. The van der Waals surface area contributed by atoms with Crippen LogP contribution in [-0.2, 0) is 9.53 Å². The van der Waals surface area contributed by atoms with Crippen molar-refractivity contribution in [1.29, 1.82) is 0 Å². The first kappa shape index (κ1) is 24.1. The van der Waals surface area contributed by atoms with E-state index in [-0.39, 0.29) is 16.9 Å². The first-order valence-electron chi connectivity index (χ1n) is 11.1. The second kappa shape index (κ2) is 9.48. The summed E-state index contributed by atoms with van der Waals surface area (Å²) in [5, 5.41) is 12.0. The van der Waals surface area contributed by atoms with E-state index in [4.69, 9.17) is 25.5 Å². The number of ketones is 1. The second-order valence-corrected chi connectivity index (χ2v) is 8.71. The lowest BCUT2D eigenvalue weighted by molar-refractivity contribution is -0.117. The maximum absolute atomic E-state index is 13.7. The number of rotatable bonds is 6. The molecule has 0 saturated carbocycles. The quantitative estimate of drug-likeness (QED) is 0.259. The van der Waals surface area contributed by atoms with Gasteiger partial charge >= 0.3 is 5.97 Å². The van der Waals surface area contributed by atoms with Crippen molar-refractivity contribution in [2.75, 3.05) is 19.1 Å². The zero-order chi connectivity index (χ0) is 26.3. The van der Waals surface area contributed by atoms with Crippen LogP contribution in [0.1, 0.15) is 32.5 Å². The monoisotopic (exact) mass is 517 g/mol. The summed E-state index contributed by atoms with van der Waals surface area (Å²) >= 11 is 6.07. The van der Waals surface area contributed by atoms with Crippen molar-refractivity contribution in [1.82, 2.24) is 0 Å². The normalized spacial score (nSPS) is 15.4. The van der Waals surface area contributed by atoms with Crippen molar-refractivity contribution in [3.8, 4) is 5.75 Å². The molecular weight excluding hydrogens is 498 g/mol. The Balaban J connectivity index is 1.62. The first-order valence-corrected chi connectivity index (χ1v) is 11.5. The molecule has 0 spiro atoms. The van der Waals surface area contributed by atoms with Crippen molar-refractivity contribution in [2.24, 2.45) is 0 Å². The number of aliphatic hydroxyl groups excluding tert-OH is 1. The molecule has 1 aliphatic heterocycles. The van der Waals surface area contributed by atoms with Gasteiger partial charge in [0.2, 0.25) is 5.78 Å². The lowest BCUT2D eigenvalue weighted by Gasteiger charge is -2.27. The maximum Gasteiger partial charge on any atom is 0.337 e. The number of hydrogen-bond donors (Lipinski definition) is 1. The molecule has 1 aromatic heterocycles. The van der Waals surface area contributed by atoms with Gasteiger partial charge in [-0.15, -0.1) is 0 Å². The molecule has 1 aliphatic rings. The van der Waals surface area contributed by atoms with E-state index in [0.29, 0.717) is 33.0 Å². The number of methoxy groups -OCH3 is 2. The number of furan rings is 1. The van der Waals surface area contributed by atoms with Gasteiger partial charge in [-0.25, -0.2) is 4.79 Å². The molecule has 0 fully saturated rings. The molecule has 1 N–H and O–H groups in total. The van der Waals surface area contributed by atoms with E-state index in [0.717, 1.165) is 0 Å². The molecular formula is C28H20ClNO7. The Hall–Kier alpha value is -4.56. The minimum absolute atomic E-state index is 0.0481. The number of ether oxygens (including phenoxy) is 2. The highest BCUT2D eigenvalue weighted by Crippen LogP contribution is 2.42. The fourth-order valence-electron chi connectivity index (χ4n) is 4.34. The van der Waals surface area contributed by atoms with Crippen LogP contribution in [0.3, 0.4) is 0 Å². The van der Waals surface area contributed by atoms with Gasteiger partial charge in [0.15, 0.2) is 11.5 Å². The van der Waals surface area contributed by atoms with Crippen molar-refractivity contribution in [3.05, 3.63) is 106 Å². The van der Waals surface area contributed by atoms with E-state index in [1.165, 1.54) is 37.3 Å². The fourth-order valence-corrected chi connectivity index (χ4v) is 4.52. The maximum atomic E-state index is 13.7. The minimum Gasteiger partial charge on any atom is -0.503 e. The summed E-state index contributed by atoms with van der Waals surface area (Å²) in [6.45, 7) is 0. The summed E-state index contributed by atoms with van der Waals surface area (Å²) in [5.74, 6) is -2.11. The van der Waals surface area contributed by atoms with E-state index in [9.17, 15) is 19.5 Å². The zero-order valence-corrected chi connectivity index (χ0v) is 20.5. The third-order valence-electron chi connectivity index (χ3n) is 6.15. The van der Waals surface area contributed by atoms with Crippen LogP contribution in [0.5, 0.6) is 5.75 Å². The second-order valence-electron chi connectivity index (χ2n) is 8.27. The number of anilines is 1. The smallest absolute Gasteiger partial charge is 0.337 e. The van der Waals surface area contributed by atoms with Crippen molar-refractivity contribution >= 4 is 45.9 Å². The van der Waals surface area contributed by atoms with Crippen molar-refractivity contribution in [2.45, 2.75) is 6.04 Å². The molecule has 186 valence electrons. The number of carbonyl (C=O) groups is 3. The molecule has 2 heterocycles. The SMILES string of the molecule is COC(=O)c1ccc(N2C(=O)C(O)=C(C(=O)c3cc4cc(Cl)ccc4o3)C2c2ccc(OC)cc2)cc1. The highest BCUT2D eigenvalue weighted by molar-refractivity contribution is 6.31. The molecule has 0 bridgehead atoms. The number of halogens is 1. The van der Waals surface area contributed by atoms with Gasteiger partial charge < -0.3 is 19.0 Å². The summed E-state index contributed by atoms with van der Waals surface area (Å²) in [6, 6.07) is 18.4. The summed E-state index contributed by atoms with van der Waals surface area (Å²) in [5.41, 5.74) is 1.50. The van der Waals surface area contributed by atoms with Crippen LogP contribution >= 0.6 is 11.6 Å². The topological polar surface area (TPSA) is 106 Å². The molecule has 1 amide bonds. The lowest BCUT2D eigenvalue weighted by atomic mass is 9.94. The molecule has 0 radical (unpaired) electrons. The molecule has 9 heteroatoms. The molecule has 1 unspecified atom stereocenters. The van der Waals surface area contributed by atoms with Gasteiger partial charge in [-0.1, -0.05) is 23.7 Å². The van der Waals surface area contributed by atoms with Gasteiger partial charge in [-0.05, 0) is 66.2 Å². The number of amides is 1. The number of benzene rings is 3. The largest absolute Gasteiger partial charge is 0.503 e. The Morgan fingerprint density at radius 2 is 1.68 bits per heavy atom. The van der Waals surface area contributed by atoms with E-state index in [1.807, 2.05) is 0 Å². The number of nitrogens with zero attached hydrogens (tertiary/aromatic N) is 1. The number of esters is 1. The van der Waals surface area contributed by atoms with Gasteiger partial charge in [-0.2, -0.15) is 0 Å². The van der Waals surface area contributed by atoms with Crippen LogP contribution in [0.25, 0.3) is 11.0 Å². The van der Waals surface area contributed by atoms with Crippen molar-refractivity contribution in [3.63, 3.8) is 0 Å². The summed E-state index contributed by atoms with van der Waals surface area (Å²) in [6.07, 6.45) is 0. The van der Waals surface area contributed by atoms with Crippen LogP contribution in [0.4, 0.5) is 5.69 Å². The molecule has 3 aromatic carbocycles. The van der Waals surface area contributed by atoms with Crippen LogP contribution < -0.4 is 9.64 Å². The molecule has 0 aliphatic carbocycles. The standard InChI is InChI=1S/C28H20ClNO7/c1-35-20-10-5-15(6-11-20)24-23(25(31)22-14-17-13-18(29)7-12-21(17)37-22)26(32)27(33)30(24)19-8-3-16(4-9-19)28(34)36-2/h3-14,24,32H,1-2H3. The minimum atomic E-state index is -0.980. The highest BCUT2D eigenvalue weighted by Gasteiger charge is 2.45. The third-order valence-corrected chi connectivity index (χ3v) is 6.39. The molecule has 4 aromatic rings. The Bertz CT molecular complexity index is 1570. The molecule has 37 heavy (non-hydrogen) atoms. The first-order chi connectivity index (χ1) is 17.8. The van der Waals surface area contributed by atoms with Gasteiger partial charge in [-0.3, -0.25) is 14.5 Å².